The minimum Gasteiger partial charge on any atom is -0.444 e. The second-order valence-corrected chi connectivity index (χ2v) is 7.50. The van der Waals surface area contributed by atoms with Crippen LogP contribution in [0.5, 0.6) is 0 Å². The number of aromatic nitrogens is 1. The molecule has 1 aliphatic heterocycles. The number of amides is 1. The third-order valence-electron chi connectivity index (χ3n) is 4.33. The molecule has 0 unspecified atom stereocenters. The molecular formula is C19H31N3O2. The van der Waals surface area contributed by atoms with Crippen LogP contribution in [0.25, 0.3) is 0 Å². The van der Waals surface area contributed by atoms with E-state index in [9.17, 15) is 4.79 Å². The van der Waals surface area contributed by atoms with Crippen molar-refractivity contribution in [3.8, 4) is 0 Å². The molecule has 0 aromatic carbocycles. The molecule has 2 atom stereocenters. The Kier molecular flexibility index (Phi) is 6.60. The fourth-order valence-electron chi connectivity index (χ4n) is 3.10. The number of carbonyl (C=O) groups excluding carboxylic acids is 1. The van der Waals surface area contributed by atoms with Gasteiger partial charge >= 0.3 is 6.09 Å². The highest BCUT2D eigenvalue weighted by atomic mass is 16.6. The van der Waals surface area contributed by atoms with Crippen LogP contribution in [0.2, 0.25) is 0 Å². The van der Waals surface area contributed by atoms with E-state index in [4.69, 9.17) is 4.74 Å². The fraction of sp³-hybridized carbons (Fsp3) is 0.684. The Hall–Kier alpha value is -1.62. The number of nitrogens with one attached hydrogen (secondary N) is 1. The molecular weight excluding hydrogens is 302 g/mol. The molecule has 1 aromatic rings. The van der Waals surface area contributed by atoms with E-state index < -0.39 is 5.60 Å². The first-order valence-electron chi connectivity index (χ1n) is 9.03. The first-order chi connectivity index (χ1) is 11.4. The zero-order chi connectivity index (χ0) is 17.6. The summed E-state index contributed by atoms with van der Waals surface area (Å²) in [6.45, 7) is 9.45. The Morgan fingerprint density at radius 3 is 2.67 bits per heavy atom. The number of nitrogens with zero attached hydrogens (tertiary/aromatic N) is 2. The standard InChI is InChI=1S/C19H31N3O2/c1-5-17(15-8-11-20-12-9-15)21-16-7-6-13-22(14-10-16)18(23)24-19(2,3)4/h8-9,11-12,16-17,21H,5-7,10,13-14H2,1-4H3/t16-,17+/m1/s1. The second kappa shape index (κ2) is 8.47. The van der Waals surface area contributed by atoms with E-state index in [-0.39, 0.29) is 6.09 Å². The van der Waals surface area contributed by atoms with Gasteiger partial charge in [-0.2, -0.15) is 0 Å². The average molecular weight is 333 g/mol. The van der Waals surface area contributed by atoms with E-state index in [0.29, 0.717) is 12.1 Å². The molecule has 1 N–H and O–H groups in total. The van der Waals surface area contributed by atoms with Crippen molar-refractivity contribution in [2.24, 2.45) is 0 Å². The maximum absolute atomic E-state index is 12.2. The largest absolute Gasteiger partial charge is 0.444 e. The number of pyridine rings is 1. The molecule has 0 bridgehead atoms. The molecule has 0 aliphatic carbocycles. The van der Waals surface area contributed by atoms with Gasteiger partial charge in [-0.25, -0.2) is 4.79 Å². The predicted molar refractivity (Wildman–Crippen MR) is 95.9 cm³/mol. The van der Waals surface area contributed by atoms with Crippen molar-refractivity contribution >= 4 is 6.09 Å². The van der Waals surface area contributed by atoms with Crippen molar-refractivity contribution in [2.45, 2.75) is 71.1 Å². The molecule has 1 amide bonds. The van der Waals surface area contributed by atoms with Crippen molar-refractivity contribution in [2.75, 3.05) is 13.1 Å². The van der Waals surface area contributed by atoms with Gasteiger partial charge in [0, 0.05) is 37.6 Å². The van der Waals surface area contributed by atoms with Gasteiger partial charge in [0.2, 0.25) is 0 Å². The summed E-state index contributed by atoms with van der Waals surface area (Å²) in [5.41, 5.74) is 0.844. The van der Waals surface area contributed by atoms with E-state index in [1.54, 1.807) is 0 Å². The van der Waals surface area contributed by atoms with E-state index in [2.05, 4.69) is 29.4 Å². The quantitative estimate of drug-likeness (QED) is 0.907. The zero-order valence-corrected chi connectivity index (χ0v) is 15.4. The van der Waals surface area contributed by atoms with Gasteiger partial charge in [0.1, 0.15) is 5.60 Å². The van der Waals surface area contributed by atoms with Crippen LogP contribution in [0, 0.1) is 0 Å². The van der Waals surface area contributed by atoms with Crippen molar-refractivity contribution in [3.05, 3.63) is 30.1 Å². The Balaban J connectivity index is 1.89. The van der Waals surface area contributed by atoms with Gasteiger partial charge in [0.05, 0.1) is 0 Å². The lowest BCUT2D eigenvalue weighted by molar-refractivity contribution is 0.0256. The van der Waals surface area contributed by atoms with Crippen LogP contribution in [0.4, 0.5) is 4.79 Å². The minimum atomic E-state index is -0.435. The fourth-order valence-corrected chi connectivity index (χ4v) is 3.10. The molecule has 0 radical (unpaired) electrons. The van der Waals surface area contributed by atoms with E-state index in [1.807, 2.05) is 38.1 Å². The maximum atomic E-state index is 12.2. The Labute approximate surface area is 145 Å². The predicted octanol–water partition coefficient (Wildman–Crippen LogP) is 3.91. The van der Waals surface area contributed by atoms with Crippen molar-refractivity contribution in [1.29, 1.82) is 0 Å². The molecule has 0 saturated carbocycles. The summed E-state index contributed by atoms with van der Waals surface area (Å²) < 4.78 is 5.50. The molecule has 5 heteroatoms. The summed E-state index contributed by atoms with van der Waals surface area (Å²) in [7, 11) is 0. The molecule has 1 fully saturated rings. The molecule has 1 aliphatic rings. The highest BCUT2D eigenvalue weighted by molar-refractivity contribution is 5.68. The van der Waals surface area contributed by atoms with Crippen LogP contribution < -0.4 is 5.32 Å². The van der Waals surface area contributed by atoms with Gasteiger partial charge < -0.3 is 15.0 Å². The van der Waals surface area contributed by atoms with E-state index in [1.165, 1.54) is 5.56 Å². The average Bonchev–Trinajstić information content (AvgIpc) is 2.77. The van der Waals surface area contributed by atoms with Crippen LogP contribution >= 0.6 is 0 Å². The monoisotopic (exact) mass is 333 g/mol. The molecule has 1 saturated heterocycles. The van der Waals surface area contributed by atoms with Crippen LogP contribution in [-0.4, -0.2) is 40.7 Å². The van der Waals surface area contributed by atoms with Crippen LogP contribution in [0.3, 0.4) is 0 Å². The van der Waals surface area contributed by atoms with Crippen molar-refractivity contribution in [3.63, 3.8) is 0 Å². The van der Waals surface area contributed by atoms with Gasteiger partial charge in [-0.3, -0.25) is 4.98 Å². The topological polar surface area (TPSA) is 54.5 Å². The first-order valence-corrected chi connectivity index (χ1v) is 9.03. The summed E-state index contributed by atoms with van der Waals surface area (Å²) in [5, 5.41) is 3.76. The summed E-state index contributed by atoms with van der Waals surface area (Å²) >= 11 is 0. The molecule has 2 heterocycles. The molecule has 134 valence electrons. The Bertz CT molecular complexity index is 513. The first kappa shape index (κ1) is 18.7. The summed E-state index contributed by atoms with van der Waals surface area (Å²) in [6, 6.07) is 4.91. The highest BCUT2D eigenvalue weighted by Gasteiger charge is 2.26. The number of rotatable bonds is 4. The van der Waals surface area contributed by atoms with Gasteiger partial charge in [-0.05, 0) is 64.2 Å². The number of carbonyl (C=O) groups is 1. The maximum Gasteiger partial charge on any atom is 0.410 e. The van der Waals surface area contributed by atoms with Crippen molar-refractivity contribution in [1.82, 2.24) is 15.2 Å². The lowest BCUT2D eigenvalue weighted by Gasteiger charge is -2.27. The van der Waals surface area contributed by atoms with Crippen LogP contribution in [-0.2, 0) is 4.74 Å². The van der Waals surface area contributed by atoms with Gasteiger partial charge in [-0.1, -0.05) is 6.92 Å². The number of hydrogen-bond donors (Lipinski definition) is 1. The molecule has 1 aromatic heterocycles. The normalized spacial score (nSPS) is 20.3. The Morgan fingerprint density at radius 2 is 2.04 bits per heavy atom. The summed E-state index contributed by atoms with van der Waals surface area (Å²) in [6.07, 6.45) is 7.58. The molecule has 0 spiro atoms. The second-order valence-electron chi connectivity index (χ2n) is 7.50. The number of ether oxygens (including phenoxy) is 1. The van der Waals surface area contributed by atoms with Crippen molar-refractivity contribution < 1.29 is 9.53 Å². The number of likely N-dealkylation sites (tertiary alicyclic amines) is 1. The van der Waals surface area contributed by atoms with Crippen LogP contribution in [0.1, 0.15) is 65.0 Å². The van der Waals surface area contributed by atoms with Gasteiger partial charge in [-0.15, -0.1) is 0 Å². The van der Waals surface area contributed by atoms with E-state index >= 15 is 0 Å². The minimum absolute atomic E-state index is 0.190. The van der Waals surface area contributed by atoms with E-state index in [0.717, 1.165) is 38.8 Å². The SMILES string of the molecule is CC[C@H](N[C@@H]1CCCN(C(=O)OC(C)(C)C)CC1)c1ccncc1. The third-order valence-corrected chi connectivity index (χ3v) is 4.33. The summed E-state index contributed by atoms with van der Waals surface area (Å²) in [5.74, 6) is 0. The van der Waals surface area contributed by atoms with Gasteiger partial charge in [0.25, 0.3) is 0 Å². The summed E-state index contributed by atoms with van der Waals surface area (Å²) in [4.78, 5) is 18.2. The molecule has 24 heavy (non-hydrogen) atoms. The zero-order valence-electron chi connectivity index (χ0n) is 15.4. The lowest BCUT2D eigenvalue weighted by Crippen LogP contribution is -2.38. The smallest absolute Gasteiger partial charge is 0.410 e. The Morgan fingerprint density at radius 1 is 1.33 bits per heavy atom. The third kappa shape index (κ3) is 5.78. The lowest BCUT2D eigenvalue weighted by atomic mass is 10.0. The van der Waals surface area contributed by atoms with Gasteiger partial charge in [0.15, 0.2) is 0 Å². The molecule has 5 nitrogen and oxygen atoms in total. The van der Waals surface area contributed by atoms with Crippen LogP contribution in [0.15, 0.2) is 24.5 Å². The number of hydrogen-bond acceptors (Lipinski definition) is 4. The molecule has 2 rings (SSSR count). The highest BCUT2D eigenvalue weighted by Crippen LogP contribution is 2.21.